The number of pyridine rings is 1. The van der Waals surface area contributed by atoms with Gasteiger partial charge in [0, 0.05) is 31.1 Å². The average molecular weight is 285 g/mol. The molecule has 1 aliphatic rings. The molecule has 1 fully saturated rings. The number of nitrogens with zero attached hydrogens (tertiary/aromatic N) is 3. The van der Waals surface area contributed by atoms with Gasteiger partial charge in [0.1, 0.15) is 5.82 Å². The van der Waals surface area contributed by atoms with Gasteiger partial charge in [0.15, 0.2) is 0 Å². The number of aromatic nitrogens is 1. The van der Waals surface area contributed by atoms with E-state index in [1.54, 1.807) is 4.90 Å². The molecule has 21 heavy (non-hydrogen) atoms. The molecule has 0 aliphatic carbocycles. The standard InChI is InChI=1S/C16H19N3O2/c1-18-7-4-8-19(10-15(18)21)16-13(11-20)9-12-5-2-3-6-14(12)17-16/h2-3,5-6,9,20H,4,7-8,10-11H2,1H3. The van der Waals surface area contributed by atoms with Crippen LogP contribution in [0.2, 0.25) is 0 Å². The van der Waals surface area contributed by atoms with Crippen molar-refractivity contribution in [2.45, 2.75) is 13.0 Å². The number of carbonyl (C=O) groups is 1. The van der Waals surface area contributed by atoms with E-state index in [9.17, 15) is 9.90 Å². The lowest BCUT2D eigenvalue weighted by Crippen LogP contribution is -2.35. The summed E-state index contributed by atoms with van der Waals surface area (Å²) in [4.78, 5) is 20.4. The number of aliphatic hydroxyl groups excluding tert-OH is 1. The molecule has 0 saturated carbocycles. The summed E-state index contributed by atoms with van der Waals surface area (Å²) in [6, 6.07) is 9.78. The first-order chi connectivity index (χ1) is 10.2. The number of likely N-dealkylation sites (N-methyl/N-ethyl adjacent to an activating group) is 1. The highest BCUT2D eigenvalue weighted by molar-refractivity contribution is 5.84. The Kier molecular flexibility index (Phi) is 3.75. The van der Waals surface area contributed by atoms with Crippen LogP contribution in [0.25, 0.3) is 10.9 Å². The van der Waals surface area contributed by atoms with Crippen molar-refractivity contribution in [3.63, 3.8) is 0 Å². The van der Waals surface area contributed by atoms with E-state index in [0.29, 0.717) is 6.54 Å². The van der Waals surface area contributed by atoms with Crippen molar-refractivity contribution in [2.75, 3.05) is 31.6 Å². The van der Waals surface area contributed by atoms with Gasteiger partial charge in [-0.2, -0.15) is 0 Å². The molecule has 2 aromatic rings. The third-order valence-corrected chi connectivity index (χ3v) is 3.92. The number of benzene rings is 1. The fourth-order valence-corrected chi connectivity index (χ4v) is 2.71. The summed E-state index contributed by atoms with van der Waals surface area (Å²) in [6.07, 6.45) is 0.904. The molecule has 0 bridgehead atoms. The van der Waals surface area contributed by atoms with E-state index >= 15 is 0 Å². The third-order valence-electron chi connectivity index (χ3n) is 3.92. The smallest absolute Gasteiger partial charge is 0.241 e. The van der Waals surface area contributed by atoms with Crippen molar-refractivity contribution in [1.29, 1.82) is 0 Å². The number of para-hydroxylation sites is 1. The van der Waals surface area contributed by atoms with E-state index in [2.05, 4.69) is 4.98 Å². The average Bonchev–Trinajstić information content (AvgIpc) is 2.68. The molecule has 0 atom stereocenters. The van der Waals surface area contributed by atoms with Crippen LogP contribution in [0.15, 0.2) is 30.3 Å². The topological polar surface area (TPSA) is 56.7 Å². The van der Waals surface area contributed by atoms with Crippen LogP contribution in [0.4, 0.5) is 5.82 Å². The van der Waals surface area contributed by atoms with E-state index in [1.807, 2.05) is 42.3 Å². The Balaban J connectivity index is 2.03. The highest BCUT2D eigenvalue weighted by Gasteiger charge is 2.22. The van der Waals surface area contributed by atoms with E-state index < -0.39 is 0 Å². The van der Waals surface area contributed by atoms with E-state index in [0.717, 1.165) is 41.8 Å². The monoisotopic (exact) mass is 285 g/mol. The molecule has 110 valence electrons. The third kappa shape index (κ3) is 2.69. The van der Waals surface area contributed by atoms with Crippen LogP contribution in [0, 0.1) is 0 Å². The van der Waals surface area contributed by atoms with Gasteiger partial charge in [-0.05, 0) is 18.6 Å². The number of amides is 1. The van der Waals surface area contributed by atoms with Gasteiger partial charge in [-0.1, -0.05) is 18.2 Å². The second-order valence-electron chi connectivity index (χ2n) is 5.41. The number of hydrogen-bond donors (Lipinski definition) is 1. The maximum absolute atomic E-state index is 12.1. The molecule has 1 aliphatic heterocycles. The first kappa shape index (κ1) is 13.8. The van der Waals surface area contributed by atoms with Crippen LogP contribution in [0.5, 0.6) is 0 Å². The van der Waals surface area contributed by atoms with Crippen molar-refractivity contribution in [3.05, 3.63) is 35.9 Å². The van der Waals surface area contributed by atoms with Gasteiger partial charge in [0.25, 0.3) is 0 Å². The Morgan fingerprint density at radius 3 is 2.90 bits per heavy atom. The second kappa shape index (κ2) is 5.69. The summed E-state index contributed by atoms with van der Waals surface area (Å²) in [6.45, 7) is 1.77. The highest BCUT2D eigenvalue weighted by Crippen LogP contribution is 2.24. The maximum atomic E-state index is 12.1. The first-order valence-corrected chi connectivity index (χ1v) is 7.17. The summed E-state index contributed by atoms with van der Waals surface area (Å²) >= 11 is 0. The zero-order valence-corrected chi connectivity index (χ0v) is 12.1. The van der Waals surface area contributed by atoms with Gasteiger partial charge in [0.2, 0.25) is 5.91 Å². The van der Waals surface area contributed by atoms with Gasteiger partial charge in [-0.25, -0.2) is 4.98 Å². The van der Waals surface area contributed by atoms with Gasteiger partial charge in [-0.3, -0.25) is 4.79 Å². The molecule has 1 aromatic heterocycles. The largest absolute Gasteiger partial charge is 0.392 e. The quantitative estimate of drug-likeness (QED) is 0.906. The molecule has 0 spiro atoms. The molecule has 3 rings (SSSR count). The van der Waals surface area contributed by atoms with Crippen molar-refractivity contribution in [1.82, 2.24) is 9.88 Å². The van der Waals surface area contributed by atoms with Crippen LogP contribution in [-0.4, -0.2) is 47.6 Å². The SMILES string of the molecule is CN1CCCN(c2nc3ccccc3cc2CO)CC1=O. The van der Waals surface area contributed by atoms with Crippen LogP contribution < -0.4 is 4.90 Å². The number of fused-ring (bicyclic) bond motifs is 1. The summed E-state index contributed by atoms with van der Waals surface area (Å²) in [7, 11) is 1.83. The van der Waals surface area contributed by atoms with Crippen molar-refractivity contribution < 1.29 is 9.90 Å². The molecule has 1 N–H and O–H groups in total. The van der Waals surface area contributed by atoms with Crippen LogP contribution in [0.3, 0.4) is 0 Å². The summed E-state index contributed by atoms with van der Waals surface area (Å²) in [5, 5.41) is 10.6. The number of hydrogen-bond acceptors (Lipinski definition) is 4. The predicted octanol–water partition coefficient (Wildman–Crippen LogP) is 1.40. The van der Waals surface area contributed by atoms with Crippen LogP contribution in [0.1, 0.15) is 12.0 Å². The van der Waals surface area contributed by atoms with Crippen LogP contribution in [-0.2, 0) is 11.4 Å². The fraction of sp³-hybridized carbons (Fsp3) is 0.375. The minimum Gasteiger partial charge on any atom is -0.392 e. The van der Waals surface area contributed by atoms with Gasteiger partial charge < -0.3 is 14.9 Å². The fourth-order valence-electron chi connectivity index (χ4n) is 2.71. The molecule has 1 amide bonds. The number of anilines is 1. The molecule has 1 aromatic carbocycles. The lowest BCUT2D eigenvalue weighted by Gasteiger charge is -2.23. The normalized spacial score (nSPS) is 16.4. The van der Waals surface area contributed by atoms with Crippen molar-refractivity contribution >= 4 is 22.6 Å². The molecular formula is C16H19N3O2. The summed E-state index contributed by atoms with van der Waals surface area (Å²) in [5.74, 6) is 0.811. The predicted molar refractivity (Wildman–Crippen MR) is 82.1 cm³/mol. The Morgan fingerprint density at radius 1 is 1.29 bits per heavy atom. The van der Waals surface area contributed by atoms with E-state index in [-0.39, 0.29) is 12.5 Å². The minimum atomic E-state index is -0.0757. The zero-order valence-electron chi connectivity index (χ0n) is 12.1. The van der Waals surface area contributed by atoms with Gasteiger partial charge >= 0.3 is 0 Å². The Labute approximate surface area is 123 Å². The lowest BCUT2D eigenvalue weighted by molar-refractivity contribution is -0.127. The molecule has 5 nitrogen and oxygen atoms in total. The molecule has 0 unspecified atom stereocenters. The van der Waals surface area contributed by atoms with Crippen LogP contribution >= 0.6 is 0 Å². The molecular weight excluding hydrogens is 266 g/mol. The summed E-state index contributed by atoms with van der Waals surface area (Å²) < 4.78 is 0. The lowest BCUT2D eigenvalue weighted by atomic mass is 10.1. The Bertz CT molecular complexity index is 672. The number of aliphatic hydroxyl groups is 1. The second-order valence-corrected chi connectivity index (χ2v) is 5.41. The molecule has 2 heterocycles. The van der Waals surface area contributed by atoms with Gasteiger partial charge in [0.05, 0.1) is 18.7 Å². The minimum absolute atomic E-state index is 0.0757. The Hall–Kier alpha value is -2.14. The van der Waals surface area contributed by atoms with Gasteiger partial charge in [-0.15, -0.1) is 0 Å². The Morgan fingerprint density at radius 2 is 2.10 bits per heavy atom. The van der Waals surface area contributed by atoms with Crippen molar-refractivity contribution in [3.8, 4) is 0 Å². The van der Waals surface area contributed by atoms with Crippen molar-refractivity contribution in [2.24, 2.45) is 0 Å². The number of rotatable bonds is 2. The first-order valence-electron chi connectivity index (χ1n) is 7.17. The van der Waals surface area contributed by atoms with E-state index in [4.69, 9.17) is 0 Å². The number of carbonyl (C=O) groups excluding carboxylic acids is 1. The van der Waals surface area contributed by atoms with E-state index in [1.165, 1.54) is 0 Å². The molecule has 5 heteroatoms. The maximum Gasteiger partial charge on any atom is 0.241 e. The molecule has 0 radical (unpaired) electrons. The zero-order chi connectivity index (χ0) is 14.8. The summed E-state index contributed by atoms with van der Waals surface area (Å²) in [5.41, 5.74) is 1.65. The highest BCUT2D eigenvalue weighted by atomic mass is 16.3. The molecule has 1 saturated heterocycles.